The normalized spacial score (nSPS) is 17.1. The van der Waals surface area contributed by atoms with E-state index in [-0.39, 0.29) is 55.5 Å². The van der Waals surface area contributed by atoms with Crippen molar-refractivity contribution >= 4 is 35.7 Å². The Morgan fingerprint density at radius 2 is 1.93 bits per heavy atom. The third-order valence-electron chi connectivity index (χ3n) is 7.75. The number of nitrogens with one attached hydrogen (secondary N) is 1. The lowest BCUT2D eigenvalue weighted by atomic mass is 9.77. The van der Waals surface area contributed by atoms with Gasteiger partial charge in [-0.3, -0.25) is 9.59 Å². The highest BCUT2D eigenvalue weighted by molar-refractivity contribution is 7.13. The average Bonchev–Trinajstić information content (AvgIpc) is 3.75. The second-order valence-electron chi connectivity index (χ2n) is 11.2. The van der Waals surface area contributed by atoms with E-state index in [1.165, 1.54) is 11.0 Å². The van der Waals surface area contributed by atoms with Crippen molar-refractivity contribution in [3.63, 3.8) is 0 Å². The summed E-state index contributed by atoms with van der Waals surface area (Å²) in [6.45, 7) is 6.01. The highest BCUT2D eigenvalue weighted by Gasteiger charge is 2.43. The van der Waals surface area contributed by atoms with Crippen molar-refractivity contribution in [3.8, 4) is 16.3 Å². The zero-order valence-corrected chi connectivity index (χ0v) is 25.5. The number of aryl methyl sites for hydroxylation is 1. The first kappa shape index (κ1) is 31.4. The number of β-amino-alcohol motifs (C(OH)–C–C–N with tert-alkyl or cyclic N) is 1. The number of ether oxygens (including phenoxy) is 1. The number of nitrogens with zero attached hydrogens (tertiary/aromatic N) is 3. The van der Waals surface area contributed by atoms with E-state index < -0.39 is 25.2 Å². The van der Waals surface area contributed by atoms with Crippen LogP contribution in [0, 0.1) is 12.8 Å². The third kappa shape index (κ3) is 7.02. The summed E-state index contributed by atoms with van der Waals surface area (Å²) in [5.74, 6) is -1.27. The molecule has 1 aliphatic rings. The molecule has 44 heavy (non-hydrogen) atoms. The minimum absolute atomic E-state index is 0.00817. The maximum atomic E-state index is 13.9. The molecule has 1 aliphatic heterocycles. The van der Waals surface area contributed by atoms with Crippen LogP contribution in [-0.2, 0) is 22.7 Å². The summed E-state index contributed by atoms with van der Waals surface area (Å²) in [7, 11) is -1.65. The van der Waals surface area contributed by atoms with Gasteiger partial charge in [-0.1, -0.05) is 62.4 Å². The van der Waals surface area contributed by atoms with Gasteiger partial charge in [-0.05, 0) is 40.2 Å². The zero-order valence-electron chi connectivity index (χ0n) is 24.7. The maximum Gasteiger partial charge on any atom is 0.488 e. The molecule has 2 aromatic carbocycles. The first-order chi connectivity index (χ1) is 21.1. The van der Waals surface area contributed by atoms with Crippen LogP contribution in [0.3, 0.4) is 0 Å². The highest BCUT2D eigenvalue weighted by atomic mass is 32.1. The molecule has 1 unspecified atom stereocenters. The molecule has 2 amide bonds. The van der Waals surface area contributed by atoms with Crippen LogP contribution >= 0.6 is 11.3 Å². The lowest BCUT2D eigenvalue weighted by molar-refractivity contribution is -0.141. The van der Waals surface area contributed by atoms with Crippen molar-refractivity contribution in [2.24, 2.45) is 5.92 Å². The van der Waals surface area contributed by atoms with Crippen LogP contribution < -0.4 is 15.5 Å². The number of carbonyl (C=O) groups excluding carboxylic acids is 2. The van der Waals surface area contributed by atoms with Crippen LogP contribution in [0.4, 0.5) is 0 Å². The monoisotopic (exact) mass is 618 g/mol. The summed E-state index contributed by atoms with van der Waals surface area (Å²) in [4.78, 5) is 34.0. The van der Waals surface area contributed by atoms with Crippen LogP contribution in [0.15, 0.2) is 64.6 Å². The molecular formula is C31H35BN4O7S. The Balaban J connectivity index is 1.24. The smallest absolute Gasteiger partial charge is 0.471 e. The van der Waals surface area contributed by atoms with Crippen molar-refractivity contribution in [3.05, 3.63) is 82.7 Å². The fourth-order valence-corrected chi connectivity index (χ4v) is 6.25. The van der Waals surface area contributed by atoms with Gasteiger partial charge in [-0.2, -0.15) is 0 Å². The summed E-state index contributed by atoms with van der Waals surface area (Å²) in [5, 5.41) is 36.5. The Bertz CT molecular complexity index is 1590. The van der Waals surface area contributed by atoms with Crippen molar-refractivity contribution in [2.45, 2.75) is 58.4 Å². The number of likely N-dealkylation sites (tertiary alicyclic amines) is 1. The minimum atomic E-state index is -1.65. The number of amides is 2. The van der Waals surface area contributed by atoms with E-state index in [0.717, 1.165) is 21.7 Å². The predicted molar refractivity (Wildman–Crippen MR) is 165 cm³/mol. The number of hydrogen-bond acceptors (Lipinski definition) is 10. The van der Waals surface area contributed by atoms with E-state index in [9.17, 15) is 24.7 Å². The van der Waals surface area contributed by atoms with Gasteiger partial charge in [0.25, 0.3) is 5.88 Å². The second-order valence-corrected chi connectivity index (χ2v) is 12.1. The number of aliphatic hydroxyl groups excluding tert-OH is 1. The summed E-state index contributed by atoms with van der Waals surface area (Å²) in [6.07, 6.45) is -0.702. The molecule has 1 fully saturated rings. The van der Waals surface area contributed by atoms with Gasteiger partial charge < -0.3 is 34.6 Å². The largest absolute Gasteiger partial charge is 0.488 e. The minimum Gasteiger partial charge on any atom is -0.471 e. The SMILES string of the molecule is Cc1ncsc1-c1ccc(CNC(=O)[C@@H]2C[C@@H](O)CN2C(=O)C(c2cc(OCc3ccccc3B(O)O)no2)C(C)C)cc1. The Kier molecular flexibility index (Phi) is 9.79. The molecule has 4 aromatic rings. The fraction of sp³-hybridized carbons (Fsp3) is 0.355. The third-order valence-corrected chi connectivity index (χ3v) is 8.73. The van der Waals surface area contributed by atoms with Gasteiger partial charge in [0.1, 0.15) is 18.6 Å². The number of aliphatic hydroxyl groups is 1. The standard InChI is InChI=1S/C31H35BN4O7S/c1-18(2)28(26-13-27(35-43-26)42-16-22-6-4-5-7-24(22)32(40)41)31(39)36-15-23(37)12-25(36)30(38)33-14-20-8-10-21(11-9-20)29-19(3)34-17-44-29/h4-11,13,17-18,23,25,28,37,40-41H,12,14-16H2,1-3H3,(H,33,38)/t23-,25+,28?/m1/s1. The first-order valence-electron chi connectivity index (χ1n) is 14.4. The average molecular weight is 619 g/mol. The summed E-state index contributed by atoms with van der Waals surface area (Å²) in [6, 6.07) is 15.3. The van der Waals surface area contributed by atoms with Crippen LogP contribution in [0.2, 0.25) is 0 Å². The predicted octanol–water partition coefficient (Wildman–Crippen LogP) is 2.38. The molecule has 0 saturated carbocycles. The van der Waals surface area contributed by atoms with Gasteiger partial charge in [0.2, 0.25) is 11.8 Å². The van der Waals surface area contributed by atoms with E-state index in [4.69, 9.17) is 9.26 Å². The van der Waals surface area contributed by atoms with Gasteiger partial charge in [-0.25, -0.2) is 4.98 Å². The number of thiazole rings is 1. The van der Waals surface area contributed by atoms with Gasteiger partial charge in [-0.15, -0.1) is 11.3 Å². The van der Waals surface area contributed by atoms with Crippen LogP contribution in [-0.4, -0.2) is 67.8 Å². The maximum absolute atomic E-state index is 13.9. The molecule has 0 radical (unpaired) electrons. The molecule has 11 nitrogen and oxygen atoms in total. The molecule has 2 aromatic heterocycles. The molecule has 0 bridgehead atoms. The number of rotatable bonds is 11. The Hall–Kier alpha value is -4.04. The quantitative estimate of drug-likeness (QED) is 0.185. The van der Waals surface area contributed by atoms with Crippen LogP contribution in [0.25, 0.3) is 10.4 Å². The first-order valence-corrected chi connectivity index (χ1v) is 15.3. The number of aromatic nitrogens is 2. The molecular weight excluding hydrogens is 583 g/mol. The molecule has 13 heteroatoms. The zero-order chi connectivity index (χ0) is 31.4. The molecule has 1 saturated heterocycles. The number of carbonyl (C=O) groups is 2. The van der Waals surface area contributed by atoms with Gasteiger partial charge in [0.05, 0.1) is 22.2 Å². The molecule has 5 rings (SSSR count). The second kappa shape index (κ2) is 13.7. The van der Waals surface area contributed by atoms with Crippen molar-refractivity contribution in [2.75, 3.05) is 6.54 Å². The molecule has 0 aliphatic carbocycles. The van der Waals surface area contributed by atoms with Crippen molar-refractivity contribution < 1.29 is 34.0 Å². The van der Waals surface area contributed by atoms with Gasteiger partial charge >= 0.3 is 7.12 Å². The van der Waals surface area contributed by atoms with Gasteiger partial charge in [0, 0.05) is 25.6 Å². The summed E-state index contributed by atoms with van der Waals surface area (Å²) in [5.41, 5.74) is 5.63. The van der Waals surface area contributed by atoms with E-state index in [1.54, 1.807) is 35.6 Å². The summed E-state index contributed by atoms with van der Waals surface area (Å²) >= 11 is 1.58. The van der Waals surface area contributed by atoms with Crippen molar-refractivity contribution in [1.29, 1.82) is 0 Å². The fourth-order valence-electron chi connectivity index (χ4n) is 5.44. The lowest BCUT2D eigenvalue weighted by Crippen LogP contribution is -2.48. The molecule has 0 spiro atoms. The highest BCUT2D eigenvalue weighted by Crippen LogP contribution is 2.33. The summed E-state index contributed by atoms with van der Waals surface area (Å²) < 4.78 is 11.2. The van der Waals surface area contributed by atoms with Crippen LogP contribution in [0.1, 0.15) is 48.8 Å². The van der Waals surface area contributed by atoms with Gasteiger partial charge in [0.15, 0.2) is 5.76 Å². The van der Waals surface area contributed by atoms with E-state index in [0.29, 0.717) is 11.0 Å². The van der Waals surface area contributed by atoms with Crippen molar-refractivity contribution in [1.82, 2.24) is 20.4 Å². The molecule has 3 atom stereocenters. The lowest BCUT2D eigenvalue weighted by Gasteiger charge is -2.28. The number of hydrogen-bond donors (Lipinski definition) is 4. The topological polar surface area (TPSA) is 158 Å². The Morgan fingerprint density at radius 3 is 2.61 bits per heavy atom. The van der Waals surface area contributed by atoms with E-state index in [2.05, 4.69) is 15.5 Å². The van der Waals surface area contributed by atoms with E-state index in [1.807, 2.05) is 50.5 Å². The molecule has 3 heterocycles. The number of benzene rings is 2. The molecule has 230 valence electrons. The Labute approximate surface area is 259 Å². The van der Waals surface area contributed by atoms with Crippen LogP contribution in [0.5, 0.6) is 5.88 Å². The molecule has 4 N–H and O–H groups in total. The Morgan fingerprint density at radius 1 is 1.18 bits per heavy atom. The van der Waals surface area contributed by atoms with E-state index >= 15 is 0 Å².